The van der Waals surface area contributed by atoms with Crippen molar-refractivity contribution < 1.29 is 14.3 Å². The molecular formula is C19H21NO3. The van der Waals surface area contributed by atoms with Gasteiger partial charge in [0.05, 0.1) is 0 Å². The summed E-state index contributed by atoms with van der Waals surface area (Å²) in [4.78, 5) is 14.2. The van der Waals surface area contributed by atoms with E-state index in [0.29, 0.717) is 11.3 Å². The molecule has 4 nitrogen and oxygen atoms in total. The number of Topliss-reactive ketones (excluding diaryl/α,β-unsaturated/α-hetero) is 1. The van der Waals surface area contributed by atoms with Crippen molar-refractivity contribution in [1.29, 1.82) is 0 Å². The Bertz CT molecular complexity index is 712. The van der Waals surface area contributed by atoms with Crippen molar-refractivity contribution in [3.05, 3.63) is 59.2 Å². The number of hydrogen-bond acceptors (Lipinski definition) is 4. The first-order chi connectivity index (χ1) is 11.2. The maximum atomic E-state index is 11.9. The van der Waals surface area contributed by atoms with Crippen LogP contribution in [0, 0.1) is 0 Å². The molecule has 120 valence electrons. The van der Waals surface area contributed by atoms with E-state index in [1.54, 1.807) is 12.1 Å². The molecule has 2 aromatic carbocycles. The number of ether oxygens (including phenoxy) is 2. The summed E-state index contributed by atoms with van der Waals surface area (Å²) in [6, 6.07) is 13.4. The Balaban J connectivity index is 1.77. The Kier molecular flexibility index (Phi) is 4.74. The van der Waals surface area contributed by atoms with Crippen LogP contribution in [-0.4, -0.2) is 38.0 Å². The molecule has 0 unspecified atom stereocenters. The highest BCUT2D eigenvalue weighted by molar-refractivity contribution is 5.97. The van der Waals surface area contributed by atoms with Crippen LogP contribution in [0.3, 0.4) is 0 Å². The Hall–Kier alpha value is -2.17. The van der Waals surface area contributed by atoms with Gasteiger partial charge in [0.15, 0.2) is 5.78 Å². The topological polar surface area (TPSA) is 38.8 Å². The van der Waals surface area contributed by atoms with Crippen LogP contribution in [0.1, 0.15) is 21.5 Å². The number of benzene rings is 2. The number of methoxy groups -OCH3 is 1. The van der Waals surface area contributed by atoms with E-state index < -0.39 is 0 Å². The van der Waals surface area contributed by atoms with Gasteiger partial charge in [-0.3, -0.25) is 4.79 Å². The summed E-state index contributed by atoms with van der Waals surface area (Å²) in [7, 11) is 3.65. The van der Waals surface area contributed by atoms with E-state index in [2.05, 4.69) is 24.1 Å². The summed E-state index contributed by atoms with van der Waals surface area (Å²) in [6.45, 7) is 2.13. The van der Waals surface area contributed by atoms with Gasteiger partial charge < -0.3 is 14.4 Å². The molecular weight excluding hydrogens is 290 g/mol. The number of ketones is 1. The van der Waals surface area contributed by atoms with E-state index in [-0.39, 0.29) is 12.4 Å². The summed E-state index contributed by atoms with van der Waals surface area (Å²) in [5.74, 6) is 1.43. The average Bonchev–Trinajstić information content (AvgIpc) is 2.55. The lowest BCUT2D eigenvalue weighted by atomic mass is 10.00. The number of carbonyl (C=O) groups is 1. The van der Waals surface area contributed by atoms with Crippen LogP contribution in [0.4, 0.5) is 0 Å². The highest BCUT2D eigenvalue weighted by Crippen LogP contribution is 2.27. The van der Waals surface area contributed by atoms with E-state index in [9.17, 15) is 4.79 Å². The van der Waals surface area contributed by atoms with Crippen molar-refractivity contribution in [2.45, 2.75) is 13.0 Å². The van der Waals surface area contributed by atoms with Gasteiger partial charge in [0.1, 0.15) is 18.1 Å². The molecule has 1 heterocycles. The molecule has 23 heavy (non-hydrogen) atoms. The molecule has 3 rings (SSSR count). The first kappa shape index (κ1) is 15.7. The first-order valence-corrected chi connectivity index (χ1v) is 7.76. The van der Waals surface area contributed by atoms with Crippen molar-refractivity contribution in [2.24, 2.45) is 0 Å². The van der Waals surface area contributed by atoms with Crippen molar-refractivity contribution in [3.63, 3.8) is 0 Å². The number of nitrogens with zero attached hydrogens (tertiary/aromatic N) is 1. The van der Waals surface area contributed by atoms with E-state index in [0.717, 1.165) is 25.3 Å². The van der Waals surface area contributed by atoms with Gasteiger partial charge in [-0.1, -0.05) is 18.2 Å². The third-order valence-corrected chi connectivity index (χ3v) is 4.05. The fraction of sp³-hybridized carbons (Fsp3) is 0.316. The third kappa shape index (κ3) is 3.78. The lowest BCUT2D eigenvalue weighted by molar-refractivity contribution is 0.0848. The minimum absolute atomic E-state index is 0.0496. The average molecular weight is 311 g/mol. The lowest BCUT2D eigenvalue weighted by Gasteiger charge is -2.25. The molecule has 0 radical (unpaired) electrons. The maximum absolute atomic E-state index is 11.9. The molecule has 1 aliphatic heterocycles. The van der Waals surface area contributed by atoms with Crippen molar-refractivity contribution >= 4 is 5.78 Å². The van der Waals surface area contributed by atoms with Crippen LogP contribution >= 0.6 is 0 Å². The maximum Gasteiger partial charge on any atom is 0.188 e. The molecule has 0 aliphatic carbocycles. The Morgan fingerprint density at radius 1 is 1.13 bits per heavy atom. The van der Waals surface area contributed by atoms with Crippen molar-refractivity contribution in [1.82, 2.24) is 4.90 Å². The largest absolute Gasteiger partial charge is 0.457 e. The van der Waals surface area contributed by atoms with Gasteiger partial charge in [0, 0.05) is 25.8 Å². The SMILES string of the molecule is COCC(=O)c1cccc(Oc2ccc3c(c2)CCN(C)C3)c1. The molecule has 2 aromatic rings. The fourth-order valence-electron chi connectivity index (χ4n) is 2.82. The predicted molar refractivity (Wildman–Crippen MR) is 89.2 cm³/mol. The molecule has 0 amide bonds. The summed E-state index contributed by atoms with van der Waals surface area (Å²) in [5.41, 5.74) is 3.30. The van der Waals surface area contributed by atoms with Crippen LogP contribution in [0.5, 0.6) is 11.5 Å². The molecule has 0 fully saturated rings. The fourth-order valence-corrected chi connectivity index (χ4v) is 2.82. The van der Waals surface area contributed by atoms with Gasteiger partial charge in [0.2, 0.25) is 0 Å². The second kappa shape index (κ2) is 6.94. The van der Waals surface area contributed by atoms with Gasteiger partial charge in [-0.05, 0) is 48.9 Å². The van der Waals surface area contributed by atoms with E-state index in [1.165, 1.54) is 18.2 Å². The number of hydrogen-bond donors (Lipinski definition) is 0. The summed E-state index contributed by atoms with van der Waals surface area (Å²) >= 11 is 0. The minimum atomic E-state index is -0.0496. The van der Waals surface area contributed by atoms with Crippen molar-refractivity contribution in [2.75, 3.05) is 27.3 Å². The normalized spacial score (nSPS) is 14.3. The number of rotatable bonds is 5. The van der Waals surface area contributed by atoms with Crippen LogP contribution in [0.15, 0.2) is 42.5 Å². The predicted octanol–water partition coefficient (Wildman–Crippen LogP) is 3.30. The second-order valence-corrected chi connectivity index (χ2v) is 5.90. The van der Waals surface area contributed by atoms with Gasteiger partial charge in [-0.15, -0.1) is 0 Å². The van der Waals surface area contributed by atoms with E-state index in [4.69, 9.17) is 9.47 Å². The smallest absolute Gasteiger partial charge is 0.188 e. The van der Waals surface area contributed by atoms with Gasteiger partial charge in [0.25, 0.3) is 0 Å². The quantitative estimate of drug-likeness (QED) is 0.794. The molecule has 0 aromatic heterocycles. The number of carbonyl (C=O) groups excluding carboxylic acids is 1. The van der Waals surface area contributed by atoms with E-state index in [1.807, 2.05) is 18.2 Å². The summed E-state index contributed by atoms with van der Waals surface area (Å²) in [6.07, 6.45) is 1.04. The standard InChI is InChI=1S/C19H21NO3/c1-20-9-8-14-10-18(7-6-16(14)12-20)23-17-5-3-4-15(11-17)19(21)13-22-2/h3-7,10-11H,8-9,12-13H2,1-2H3. The highest BCUT2D eigenvalue weighted by atomic mass is 16.5. The number of fused-ring (bicyclic) bond motifs is 1. The number of likely N-dealkylation sites (N-methyl/N-ethyl adjacent to an activating group) is 1. The van der Waals surface area contributed by atoms with Gasteiger partial charge in [-0.25, -0.2) is 0 Å². The molecule has 1 aliphatic rings. The van der Waals surface area contributed by atoms with Crippen LogP contribution in [-0.2, 0) is 17.7 Å². The zero-order chi connectivity index (χ0) is 16.2. The lowest BCUT2D eigenvalue weighted by Crippen LogP contribution is -2.26. The monoisotopic (exact) mass is 311 g/mol. The van der Waals surface area contributed by atoms with Crippen molar-refractivity contribution in [3.8, 4) is 11.5 Å². The molecule has 0 bridgehead atoms. The third-order valence-electron chi connectivity index (χ3n) is 4.05. The van der Waals surface area contributed by atoms with Crippen LogP contribution < -0.4 is 4.74 Å². The van der Waals surface area contributed by atoms with Gasteiger partial charge in [-0.2, -0.15) is 0 Å². The molecule has 0 saturated heterocycles. The molecule has 0 atom stereocenters. The molecule has 0 spiro atoms. The zero-order valence-electron chi connectivity index (χ0n) is 13.5. The Morgan fingerprint density at radius 3 is 2.78 bits per heavy atom. The highest BCUT2D eigenvalue weighted by Gasteiger charge is 2.14. The molecule has 0 saturated carbocycles. The zero-order valence-corrected chi connectivity index (χ0v) is 13.5. The minimum Gasteiger partial charge on any atom is -0.457 e. The Morgan fingerprint density at radius 2 is 1.96 bits per heavy atom. The summed E-state index contributed by atoms with van der Waals surface area (Å²) < 4.78 is 10.8. The van der Waals surface area contributed by atoms with Gasteiger partial charge >= 0.3 is 0 Å². The van der Waals surface area contributed by atoms with Crippen LogP contribution in [0.2, 0.25) is 0 Å². The first-order valence-electron chi connectivity index (χ1n) is 7.76. The summed E-state index contributed by atoms with van der Waals surface area (Å²) in [5, 5.41) is 0. The Labute approximate surface area is 136 Å². The van der Waals surface area contributed by atoms with Crippen LogP contribution in [0.25, 0.3) is 0 Å². The molecule has 0 N–H and O–H groups in total. The molecule has 4 heteroatoms. The van der Waals surface area contributed by atoms with E-state index >= 15 is 0 Å². The second-order valence-electron chi connectivity index (χ2n) is 5.90.